The lowest BCUT2D eigenvalue weighted by Crippen LogP contribution is -2.29. The van der Waals surface area contributed by atoms with Gasteiger partial charge in [0.05, 0.1) is 11.1 Å². The molecule has 6 heteroatoms. The average molecular weight is 423 g/mol. The minimum atomic E-state index is -0.279. The quantitative estimate of drug-likeness (QED) is 0.551. The number of rotatable bonds is 4. The Morgan fingerprint density at radius 1 is 1.20 bits per heavy atom. The molecule has 0 bridgehead atoms. The van der Waals surface area contributed by atoms with Gasteiger partial charge in [0.2, 0.25) is 0 Å². The summed E-state index contributed by atoms with van der Waals surface area (Å²) in [5, 5.41) is 0.614. The van der Waals surface area contributed by atoms with Crippen LogP contribution in [0.3, 0.4) is 0 Å². The van der Waals surface area contributed by atoms with Crippen LogP contribution in [0.25, 0.3) is 0 Å². The highest BCUT2D eigenvalue weighted by Gasteiger charge is 2.13. The van der Waals surface area contributed by atoms with Crippen LogP contribution in [-0.4, -0.2) is 0 Å². The number of hydrazine groups is 1. The maximum absolute atomic E-state index is 13.4. The van der Waals surface area contributed by atoms with E-state index in [1.807, 2.05) is 24.3 Å². The second-order valence-electron chi connectivity index (χ2n) is 4.37. The first kappa shape index (κ1) is 15.9. The zero-order valence-corrected chi connectivity index (χ0v) is 14.3. The summed E-state index contributed by atoms with van der Waals surface area (Å²) in [6, 6.07) is 10.3. The van der Waals surface area contributed by atoms with Crippen LogP contribution in [-0.2, 0) is 6.42 Å². The zero-order valence-electron chi connectivity index (χ0n) is 10.3. The molecule has 0 aliphatic carbocycles. The maximum Gasteiger partial charge on any atom is 0.124 e. The summed E-state index contributed by atoms with van der Waals surface area (Å²) in [7, 11) is 0. The van der Waals surface area contributed by atoms with E-state index in [1.54, 1.807) is 0 Å². The van der Waals surface area contributed by atoms with Crippen molar-refractivity contribution >= 4 is 43.5 Å². The van der Waals surface area contributed by atoms with Crippen LogP contribution >= 0.6 is 43.5 Å². The summed E-state index contributed by atoms with van der Waals surface area (Å²) in [4.78, 5) is 0. The number of benzene rings is 2. The molecule has 20 heavy (non-hydrogen) atoms. The van der Waals surface area contributed by atoms with Gasteiger partial charge < -0.3 is 0 Å². The van der Waals surface area contributed by atoms with E-state index in [0.29, 0.717) is 15.9 Å². The molecule has 2 aromatic carbocycles. The van der Waals surface area contributed by atoms with Crippen molar-refractivity contribution in [3.63, 3.8) is 0 Å². The first-order valence-electron chi connectivity index (χ1n) is 5.85. The molecule has 0 amide bonds. The minimum Gasteiger partial charge on any atom is -0.271 e. The predicted molar refractivity (Wildman–Crippen MR) is 87.0 cm³/mol. The van der Waals surface area contributed by atoms with Gasteiger partial charge in [-0.3, -0.25) is 11.3 Å². The minimum absolute atomic E-state index is 0.144. The third-order valence-corrected chi connectivity index (χ3v) is 4.60. The number of hydrogen-bond donors (Lipinski definition) is 2. The molecule has 0 aromatic heterocycles. The van der Waals surface area contributed by atoms with Gasteiger partial charge in [0.25, 0.3) is 0 Å². The van der Waals surface area contributed by atoms with Crippen molar-refractivity contribution in [2.75, 3.05) is 0 Å². The van der Waals surface area contributed by atoms with Crippen LogP contribution in [0.5, 0.6) is 0 Å². The van der Waals surface area contributed by atoms with E-state index in [0.717, 1.165) is 15.6 Å². The van der Waals surface area contributed by atoms with Crippen LogP contribution < -0.4 is 11.3 Å². The molecule has 2 aromatic rings. The number of nitrogens with one attached hydrogen (secondary N) is 1. The Morgan fingerprint density at radius 3 is 2.55 bits per heavy atom. The highest BCUT2D eigenvalue weighted by atomic mass is 79.9. The van der Waals surface area contributed by atoms with Gasteiger partial charge in [0.15, 0.2) is 0 Å². The van der Waals surface area contributed by atoms with E-state index in [1.165, 1.54) is 12.1 Å². The van der Waals surface area contributed by atoms with Crippen molar-refractivity contribution in [3.05, 3.63) is 67.3 Å². The lowest BCUT2D eigenvalue weighted by Gasteiger charge is -2.17. The molecule has 2 nitrogen and oxygen atoms in total. The largest absolute Gasteiger partial charge is 0.271 e. The Balaban J connectivity index is 2.26. The standard InChI is InChI=1S/C14H12Br2ClFN2/c15-10-3-8(4-11(18)7-10)5-14(20-19)9-1-2-12(16)13(17)6-9/h1-4,6-7,14,20H,5,19H2. The molecule has 3 N–H and O–H groups in total. The fraction of sp³-hybridized carbons (Fsp3) is 0.143. The fourth-order valence-corrected chi connectivity index (χ4v) is 2.91. The summed E-state index contributed by atoms with van der Waals surface area (Å²) in [5.74, 6) is 5.33. The zero-order chi connectivity index (χ0) is 14.7. The molecule has 2 rings (SSSR count). The molecule has 106 valence electrons. The molecule has 0 heterocycles. The molecule has 0 aliphatic heterocycles. The third-order valence-electron chi connectivity index (χ3n) is 2.91. The van der Waals surface area contributed by atoms with Crippen molar-refractivity contribution in [2.24, 2.45) is 5.84 Å². The van der Waals surface area contributed by atoms with Gasteiger partial charge in [-0.05, 0) is 63.8 Å². The van der Waals surface area contributed by atoms with Crippen molar-refractivity contribution in [1.29, 1.82) is 0 Å². The van der Waals surface area contributed by atoms with Crippen molar-refractivity contribution in [1.82, 2.24) is 5.43 Å². The van der Waals surface area contributed by atoms with Gasteiger partial charge >= 0.3 is 0 Å². The number of nitrogens with two attached hydrogens (primary N) is 1. The fourth-order valence-electron chi connectivity index (χ4n) is 1.97. The van der Waals surface area contributed by atoms with Crippen LogP contribution in [0.1, 0.15) is 17.2 Å². The normalized spacial score (nSPS) is 12.4. The van der Waals surface area contributed by atoms with E-state index in [9.17, 15) is 4.39 Å². The molecular formula is C14H12Br2ClFN2. The Hall–Kier alpha value is -0.460. The lowest BCUT2D eigenvalue weighted by atomic mass is 9.99. The first-order chi connectivity index (χ1) is 9.49. The second-order valence-corrected chi connectivity index (χ2v) is 6.55. The second kappa shape index (κ2) is 7.00. The molecule has 0 spiro atoms. The highest BCUT2D eigenvalue weighted by Crippen LogP contribution is 2.28. The lowest BCUT2D eigenvalue weighted by molar-refractivity contribution is 0.548. The van der Waals surface area contributed by atoms with Crippen LogP contribution in [0.15, 0.2) is 45.3 Å². The molecule has 0 saturated heterocycles. The SMILES string of the molecule is NNC(Cc1cc(F)cc(Br)c1)c1ccc(Br)c(Cl)c1. The Bertz CT molecular complexity index is 602. The number of halogens is 4. The monoisotopic (exact) mass is 420 g/mol. The van der Waals surface area contributed by atoms with Crippen LogP contribution in [0, 0.1) is 5.82 Å². The van der Waals surface area contributed by atoms with Gasteiger partial charge in [0.1, 0.15) is 5.82 Å². The van der Waals surface area contributed by atoms with E-state index < -0.39 is 0 Å². The molecule has 1 atom stereocenters. The number of hydrogen-bond acceptors (Lipinski definition) is 2. The van der Waals surface area contributed by atoms with Gasteiger partial charge in [-0.2, -0.15) is 0 Å². The van der Waals surface area contributed by atoms with Crippen molar-refractivity contribution < 1.29 is 4.39 Å². The van der Waals surface area contributed by atoms with E-state index in [-0.39, 0.29) is 11.9 Å². The Labute approximate surface area is 138 Å². The smallest absolute Gasteiger partial charge is 0.124 e. The molecule has 1 unspecified atom stereocenters. The Morgan fingerprint density at radius 2 is 1.95 bits per heavy atom. The maximum atomic E-state index is 13.4. The van der Waals surface area contributed by atoms with Crippen molar-refractivity contribution in [3.8, 4) is 0 Å². The molecule has 0 fully saturated rings. The van der Waals surface area contributed by atoms with Crippen LogP contribution in [0.2, 0.25) is 5.02 Å². The van der Waals surface area contributed by atoms with Gasteiger partial charge in [-0.1, -0.05) is 33.6 Å². The van der Waals surface area contributed by atoms with Crippen molar-refractivity contribution in [2.45, 2.75) is 12.5 Å². The van der Waals surface area contributed by atoms with Gasteiger partial charge in [0, 0.05) is 8.95 Å². The summed E-state index contributed by atoms with van der Waals surface area (Å²) in [6.07, 6.45) is 0.560. The molecule has 0 radical (unpaired) electrons. The average Bonchev–Trinajstić information content (AvgIpc) is 2.38. The predicted octanol–water partition coefficient (Wildman–Crippen LogP) is 4.75. The molecule has 0 aliphatic rings. The third kappa shape index (κ3) is 4.02. The summed E-state index contributed by atoms with van der Waals surface area (Å²) in [6.45, 7) is 0. The summed E-state index contributed by atoms with van der Waals surface area (Å²) < 4.78 is 14.9. The molecule has 0 saturated carbocycles. The topological polar surface area (TPSA) is 38.0 Å². The summed E-state index contributed by atoms with van der Waals surface area (Å²) >= 11 is 12.7. The van der Waals surface area contributed by atoms with Gasteiger partial charge in [-0.25, -0.2) is 4.39 Å². The van der Waals surface area contributed by atoms with E-state index >= 15 is 0 Å². The van der Waals surface area contributed by atoms with Crippen LogP contribution in [0.4, 0.5) is 4.39 Å². The van der Waals surface area contributed by atoms with E-state index in [2.05, 4.69) is 37.3 Å². The van der Waals surface area contributed by atoms with E-state index in [4.69, 9.17) is 17.4 Å². The first-order valence-corrected chi connectivity index (χ1v) is 7.82. The van der Waals surface area contributed by atoms with Gasteiger partial charge in [-0.15, -0.1) is 0 Å². The molecular weight excluding hydrogens is 410 g/mol. The Kier molecular flexibility index (Phi) is 5.57. The highest BCUT2D eigenvalue weighted by molar-refractivity contribution is 9.10. The summed E-state index contributed by atoms with van der Waals surface area (Å²) in [5.41, 5.74) is 4.53.